The van der Waals surface area contributed by atoms with E-state index < -0.39 is 17.3 Å². The van der Waals surface area contributed by atoms with E-state index in [2.05, 4.69) is 55.3 Å². The summed E-state index contributed by atoms with van der Waals surface area (Å²) in [6.45, 7) is 8.52. The first-order valence-corrected chi connectivity index (χ1v) is 14.6. The number of hydrogen-bond acceptors (Lipinski definition) is 3. The van der Waals surface area contributed by atoms with Crippen LogP contribution >= 0.6 is 36.4 Å². The Kier molecular flexibility index (Phi) is 14.4. The van der Waals surface area contributed by atoms with Crippen LogP contribution in [-0.2, 0) is 18.3 Å². The minimum Gasteiger partial charge on any atom is -0.493 e. The second-order valence-corrected chi connectivity index (χ2v) is 11.4. The van der Waals surface area contributed by atoms with E-state index in [1.807, 2.05) is 60.7 Å². The van der Waals surface area contributed by atoms with Crippen LogP contribution in [0.25, 0.3) is 0 Å². The van der Waals surface area contributed by atoms with Gasteiger partial charge < -0.3 is 10.1 Å². The second kappa shape index (κ2) is 17.0. The number of anilines is 1. The molecule has 0 radical (unpaired) electrons. The maximum atomic E-state index is 13.7. The Morgan fingerprint density at radius 3 is 1.98 bits per heavy atom. The molecule has 0 amide bonds. The van der Waals surface area contributed by atoms with Gasteiger partial charge in [-0.2, -0.15) is 13.2 Å². The van der Waals surface area contributed by atoms with Crippen LogP contribution in [0.2, 0.25) is 5.02 Å². The Hall–Kier alpha value is -2.90. The predicted molar refractivity (Wildman–Crippen MR) is 181 cm³/mol. The average Bonchev–Trinajstić information content (AvgIpc) is 2.98. The van der Waals surface area contributed by atoms with E-state index in [9.17, 15) is 13.2 Å². The zero-order valence-electron chi connectivity index (χ0n) is 25.1. The zero-order valence-corrected chi connectivity index (χ0v) is 27.5. The number of hydrogen-bond donors (Lipinski definition) is 1. The average molecular weight is 668 g/mol. The number of nitrogens with zero attached hydrogens (tertiary/aromatic N) is 1. The van der Waals surface area contributed by atoms with Gasteiger partial charge in [0.1, 0.15) is 5.75 Å². The third kappa shape index (κ3) is 9.55. The van der Waals surface area contributed by atoms with Crippen molar-refractivity contribution in [1.82, 2.24) is 4.90 Å². The van der Waals surface area contributed by atoms with Gasteiger partial charge in [-0.15, -0.1) is 24.8 Å². The summed E-state index contributed by atoms with van der Waals surface area (Å²) >= 11 is 6.40. The lowest BCUT2D eigenvalue weighted by molar-refractivity contribution is -0.137. The molecule has 0 aromatic heterocycles. The summed E-state index contributed by atoms with van der Waals surface area (Å²) in [6.07, 6.45) is -3.89. The fourth-order valence-electron chi connectivity index (χ4n) is 5.11. The number of benzene rings is 4. The molecular formula is C35H40Cl3F3N2O. The highest BCUT2D eigenvalue weighted by molar-refractivity contribution is 6.32. The molecule has 0 unspecified atom stereocenters. The van der Waals surface area contributed by atoms with Gasteiger partial charge in [0.15, 0.2) is 0 Å². The molecule has 238 valence electrons. The Bertz CT molecular complexity index is 1380. The SMILES string of the molecule is CC(C)CNc1cccc(OCCCN(Cc2cccc(C(F)(F)F)c2Cl)C(C)(c2ccccc2)c2ccccc2)c1.Cl.Cl. The second-order valence-electron chi connectivity index (χ2n) is 11.0. The van der Waals surface area contributed by atoms with Gasteiger partial charge in [-0.25, -0.2) is 0 Å². The van der Waals surface area contributed by atoms with Crippen molar-refractivity contribution in [2.45, 2.75) is 45.5 Å². The first-order chi connectivity index (χ1) is 20.1. The van der Waals surface area contributed by atoms with Gasteiger partial charge in [-0.3, -0.25) is 4.90 Å². The monoisotopic (exact) mass is 666 g/mol. The first-order valence-electron chi connectivity index (χ1n) is 14.3. The number of ether oxygens (including phenoxy) is 1. The Morgan fingerprint density at radius 2 is 1.41 bits per heavy atom. The molecule has 0 atom stereocenters. The van der Waals surface area contributed by atoms with Crippen LogP contribution < -0.4 is 10.1 Å². The van der Waals surface area contributed by atoms with E-state index in [1.165, 1.54) is 6.07 Å². The summed E-state index contributed by atoms with van der Waals surface area (Å²) in [4.78, 5) is 2.20. The van der Waals surface area contributed by atoms with Crippen LogP contribution in [0.5, 0.6) is 5.75 Å². The van der Waals surface area contributed by atoms with E-state index in [1.54, 1.807) is 6.07 Å². The minimum absolute atomic E-state index is 0. The summed E-state index contributed by atoms with van der Waals surface area (Å²) in [7, 11) is 0. The van der Waals surface area contributed by atoms with E-state index in [0.29, 0.717) is 31.1 Å². The standard InChI is InChI=1S/C35H38ClF3N2O.2ClH/c1-26(2)24-40-30-18-11-19-31(23-30)42-22-12-21-41(25-27-13-10-20-32(33(27)36)35(37,38)39)34(3,28-14-6-4-7-15-28)29-16-8-5-9-17-29;;/h4-11,13-20,23,26,40H,12,21-22,24-25H2,1-3H3;2*1H. The van der Waals surface area contributed by atoms with Crippen molar-refractivity contribution in [3.63, 3.8) is 0 Å². The topological polar surface area (TPSA) is 24.5 Å². The lowest BCUT2D eigenvalue weighted by Gasteiger charge is -2.43. The third-order valence-corrected chi connectivity index (χ3v) is 7.89. The van der Waals surface area contributed by atoms with Gasteiger partial charge in [0.2, 0.25) is 0 Å². The fourth-order valence-corrected chi connectivity index (χ4v) is 5.40. The molecule has 0 heterocycles. The predicted octanol–water partition coefficient (Wildman–Crippen LogP) is 10.5. The summed E-state index contributed by atoms with van der Waals surface area (Å²) < 4.78 is 47.3. The largest absolute Gasteiger partial charge is 0.493 e. The Morgan fingerprint density at radius 1 is 0.818 bits per heavy atom. The van der Waals surface area contributed by atoms with Crippen molar-refractivity contribution in [3.05, 3.63) is 130 Å². The zero-order chi connectivity index (χ0) is 30.2. The lowest BCUT2D eigenvalue weighted by atomic mass is 9.82. The number of rotatable bonds is 13. The summed E-state index contributed by atoms with van der Waals surface area (Å²) in [5.41, 5.74) is 2.02. The molecule has 0 fully saturated rings. The molecule has 0 bridgehead atoms. The molecule has 0 saturated heterocycles. The molecule has 3 nitrogen and oxygen atoms in total. The molecule has 44 heavy (non-hydrogen) atoms. The highest BCUT2D eigenvalue weighted by Crippen LogP contribution is 2.40. The van der Waals surface area contributed by atoms with Gasteiger partial charge in [0.05, 0.1) is 22.7 Å². The van der Waals surface area contributed by atoms with Crippen LogP contribution in [0.15, 0.2) is 103 Å². The van der Waals surface area contributed by atoms with Crippen LogP contribution in [0.4, 0.5) is 18.9 Å². The van der Waals surface area contributed by atoms with Crippen molar-refractivity contribution < 1.29 is 17.9 Å². The fraction of sp³-hybridized carbons (Fsp3) is 0.314. The van der Waals surface area contributed by atoms with Crippen LogP contribution in [0, 0.1) is 5.92 Å². The minimum atomic E-state index is -4.54. The van der Waals surface area contributed by atoms with Crippen molar-refractivity contribution in [2.24, 2.45) is 5.92 Å². The maximum absolute atomic E-state index is 13.7. The quantitative estimate of drug-likeness (QED) is 0.144. The summed E-state index contributed by atoms with van der Waals surface area (Å²) in [5, 5.41) is 3.15. The maximum Gasteiger partial charge on any atom is 0.417 e. The van der Waals surface area contributed by atoms with Gasteiger partial charge in [-0.05, 0) is 54.2 Å². The highest BCUT2D eigenvalue weighted by atomic mass is 35.5. The normalized spacial score (nSPS) is 11.6. The Balaban J connectivity index is 0.00000337. The molecule has 1 N–H and O–H groups in total. The molecule has 0 saturated carbocycles. The van der Waals surface area contributed by atoms with E-state index in [4.69, 9.17) is 16.3 Å². The molecule has 0 aliphatic carbocycles. The molecule has 4 aromatic carbocycles. The summed E-state index contributed by atoms with van der Waals surface area (Å²) in [5.74, 6) is 1.29. The molecule has 4 aromatic rings. The van der Waals surface area contributed by atoms with Crippen LogP contribution in [-0.4, -0.2) is 24.6 Å². The molecular weight excluding hydrogens is 628 g/mol. The van der Waals surface area contributed by atoms with Crippen molar-refractivity contribution in [1.29, 1.82) is 0 Å². The molecule has 9 heteroatoms. The number of nitrogens with one attached hydrogen (secondary N) is 1. The van der Waals surface area contributed by atoms with Gasteiger partial charge in [-0.1, -0.05) is 104 Å². The highest BCUT2D eigenvalue weighted by Gasteiger charge is 2.37. The number of alkyl halides is 3. The van der Waals surface area contributed by atoms with Crippen molar-refractivity contribution in [3.8, 4) is 5.75 Å². The molecule has 4 rings (SSSR count). The smallest absolute Gasteiger partial charge is 0.417 e. The summed E-state index contributed by atoms with van der Waals surface area (Å²) in [6, 6.07) is 32.1. The van der Waals surface area contributed by atoms with Crippen molar-refractivity contribution >= 4 is 42.1 Å². The first kappa shape index (κ1) is 37.3. The van der Waals surface area contributed by atoms with Gasteiger partial charge >= 0.3 is 6.18 Å². The third-order valence-electron chi connectivity index (χ3n) is 7.44. The molecule has 0 aliphatic rings. The molecule has 0 spiro atoms. The molecule has 0 aliphatic heterocycles. The van der Waals surface area contributed by atoms with Crippen molar-refractivity contribution in [2.75, 3.05) is 25.0 Å². The Labute approximate surface area is 276 Å². The van der Waals surface area contributed by atoms with E-state index in [0.717, 1.165) is 35.2 Å². The van der Waals surface area contributed by atoms with Gasteiger partial charge in [0, 0.05) is 31.4 Å². The van der Waals surface area contributed by atoms with E-state index in [-0.39, 0.29) is 36.4 Å². The van der Waals surface area contributed by atoms with Crippen LogP contribution in [0.3, 0.4) is 0 Å². The van der Waals surface area contributed by atoms with Gasteiger partial charge in [0.25, 0.3) is 0 Å². The van der Waals surface area contributed by atoms with Crippen LogP contribution in [0.1, 0.15) is 49.4 Å². The number of halogens is 6. The van der Waals surface area contributed by atoms with E-state index >= 15 is 0 Å². The lowest BCUT2D eigenvalue weighted by Crippen LogP contribution is -2.45.